The number of halogens is 1. The summed E-state index contributed by atoms with van der Waals surface area (Å²) in [5, 5.41) is 16.7. The Hall–Kier alpha value is -1.45. The van der Waals surface area contributed by atoms with Gasteiger partial charge in [-0.1, -0.05) is 17.3 Å². The van der Waals surface area contributed by atoms with E-state index in [0.717, 1.165) is 0 Å². The van der Waals surface area contributed by atoms with Gasteiger partial charge in [-0.3, -0.25) is 0 Å². The summed E-state index contributed by atoms with van der Waals surface area (Å²) in [7, 11) is -0.761. The molecule has 0 fully saturated rings. The minimum atomic E-state index is -3.73. The highest BCUT2D eigenvalue weighted by Crippen LogP contribution is 2.23. The van der Waals surface area contributed by atoms with Crippen LogP contribution in [0.3, 0.4) is 0 Å². The third-order valence-corrected chi connectivity index (χ3v) is 5.40. The van der Waals surface area contributed by atoms with Crippen molar-refractivity contribution in [1.29, 1.82) is 0 Å². The van der Waals surface area contributed by atoms with Crippen molar-refractivity contribution in [2.45, 2.75) is 11.6 Å². The smallest absolute Gasteiger partial charge is 0.263 e. The molecule has 0 aliphatic carbocycles. The standard InChI is InChI=1S/C11H13BrN4O3S/c1-15(7-8-4-3-5-9(17)6-8)20(18,19)11-10(12)13-14-16(11)2/h3-6,17H,7H2,1-2H3. The molecule has 1 heterocycles. The van der Waals surface area contributed by atoms with Crippen LogP contribution in [0.15, 0.2) is 33.9 Å². The molecule has 0 aliphatic rings. The largest absolute Gasteiger partial charge is 0.508 e. The van der Waals surface area contributed by atoms with Crippen molar-refractivity contribution in [2.24, 2.45) is 7.05 Å². The van der Waals surface area contributed by atoms with Crippen LogP contribution in [0.1, 0.15) is 5.56 Å². The fourth-order valence-corrected chi connectivity index (χ4v) is 3.92. The highest BCUT2D eigenvalue weighted by Gasteiger charge is 2.28. The maximum absolute atomic E-state index is 12.5. The molecule has 0 saturated heterocycles. The molecule has 2 rings (SSSR count). The van der Waals surface area contributed by atoms with Crippen LogP contribution >= 0.6 is 15.9 Å². The van der Waals surface area contributed by atoms with E-state index < -0.39 is 10.0 Å². The van der Waals surface area contributed by atoms with Crippen LogP contribution in [-0.2, 0) is 23.6 Å². The van der Waals surface area contributed by atoms with Crippen molar-refractivity contribution in [3.8, 4) is 5.75 Å². The van der Waals surface area contributed by atoms with E-state index in [4.69, 9.17) is 0 Å². The summed E-state index contributed by atoms with van der Waals surface area (Å²) >= 11 is 3.08. The number of aromatic nitrogens is 3. The topological polar surface area (TPSA) is 88.3 Å². The number of hydrogen-bond acceptors (Lipinski definition) is 5. The molecule has 1 N–H and O–H groups in total. The number of hydrogen-bond donors (Lipinski definition) is 1. The lowest BCUT2D eigenvalue weighted by atomic mass is 10.2. The Labute approximate surface area is 125 Å². The van der Waals surface area contributed by atoms with Crippen LogP contribution in [0.2, 0.25) is 0 Å². The summed E-state index contributed by atoms with van der Waals surface area (Å²) in [6.07, 6.45) is 0. The van der Waals surface area contributed by atoms with E-state index >= 15 is 0 Å². The zero-order valence-corrected chi connectivity index (χ0v) is 13.3. The van der Waals surface area contributed by atoms with Crippen LogP contribution in [0.25, 0.3) is 0 Å². The first-order valence-electron chi connectivity index (χ1n) is 5.62. The van der Waals surface area contributed by atoms with Crippen molar-refractivity contribution >= 4 is 26.0 Å². The van der Waals surface area contributed by atoms with Crippen molar-refractivity contribution < 1.29 is 13.5 Å². The molecule has 1 aromatic heterocycles. The Balaban J connectivity index is 2.31. The van der Waals surface area contributed by atoms with Crippen LogP contribution in [0.4, 0.5) is 0 Å². The van der Waals surface area contributed by atoms with Gasteiger partial charge >= 0.3 is 0 Å². The molecule has 0 aliphatic heterocycles. The summed E-state index contributed by atoms with van der Waals surface area (Å²) in [4.78, 5) is 0. The first-order valence-corrected chi connectivity index (χ1v) is 7.85. The molecule has 0 bridgehead atoms. The van der Waals surface area contributed by atoms with E-state index in [1.54, 1.807) is 12.1 Å². The number of rotatable bonds is 4. The predicted molar refractivity (Wildman–Crippen MR) is 75.5 cm³/mol. The lowest BCUT2D eigenvalue weighted by molar-refractivity contribution is 0.451. The first kappa shape index (κ1) is 14.9. The summed E-state index contributed by atoms with van der Waals surface area (Å²) in [6, 6.07) is 6.44. The Bertz CT molecular complexity index is 710. The van der Waals surface area contributed by atoms with Crippen molar-refractivity contribution in [2.75, 3.05) is 7.05 Å². The fourth-order valence-electron chi connectivity index (χ4n) is 1.74. The molecule has 9 heteroatoms. The maximum atomic E-state index is 12.5. The minimum absolute atomic E-state index is 0.0137. The molecule has 0 radical (unpaired) electrons. The zero-order valence-electron chi connectivity index (χ0n) is 10.9. The Morgan fingerprint density at radius 2 is 2.15 bits per heavy atom. The molecule has 0 saturated carbocycles. The average Bonchev–Trinajstić information content (AvgIpc) is 2.69. The van der Waals surface area contributed by atoms with Gasteiger partial charge in [-0.25, -0.2) is 13.1 Å². The molecule has 0 unspecified atom stereocenters. The number of aromatic hydroxyl groups is 1. The highest BCUT2D eigenvalue weighted by atomic mass is 79.9. The summed E-state index contributed by atoms with van der Waals surface area (Å²) in [5.74, 6) is 0.0941. The maximum Gasteiger partial charge on any atom is 0.263 e. The molecule has 0 spiro atoms. The lowest BCUT2D eigenvalue weighted by Gasteiger charge is -2.17. The van der Waals surface area contributed by atoms with Gasteiger partial charge in [-0.2, -0.15) is 4.31 Å². The Morgan fingerprint density at radius 3 is 2.70 bits per heavy atom. The summed E-state index contributed by atoms with van der Waals surface area (Å²) in [6.45, 7) is 0.133. The number of nitrogens with zero attached hydrogens (tertiary/aromatic N) is 4. The number of sulfonamides is 1. The van der Waals surface area contributed by atoms with Crippen molar-refractivity contribution in [1.82, 2.24) is 19.3 Å². The van der Waals surface area contributed by atoms with Crippen LogP contribution in [0.5, 0.6) is 5.75 Å². The van der Waals surface area contributed by atoms with E-state index in [1.165, 1.54) is 35.2 Å². The van der Waals surface area contributed by atoms with Gasteiger partial charge in [0, 0.05) is 20.6 Å². The van der Waals surface area contributed by atoms with Gasteiger partial charge in [0.1, 0.15) is 5.75 Å². The van der Waals surface area contributed by atoms with Gasteiger partial charge in [-0.15, -0.1) is 5.10 Å². The van der Waals surface area contributed by atoms with E-state index in [-0.39, 0.29) is 21.9 Å². The lowest BCUT2D eigenvalue weighted by Crippen LogP contribution is -2.28. The second-order valence-electron chi connectivity index (χ2n) is 4.24. The van der Waals surface area contributed by atoms with Crippen molar-refractivity contribution in [3.63, 3.8) is 0 Å². The van der Waals surface area contributed by atoms with Crippen molar-refractivity contribution in [3.05, 3.63) is 34.4 Å². The Kier molecular flexibility index (Phi) is 4.11. The highest BCUT2D eigenvalue weighted by molar-refractivity contribution is 9.10. The molecular weight excluding hydrogens is 348 g/mol. The summed E-state index contributed by atoms with van der Waals surface area (Å²) in [5.41, 5.74) is 0.683. The van der Waals surface area contributed by atoms with Gasteiger partial charge in [0.15, 0.2) is 4.60 Å². The zero-order chi connectivity index (χ0) is 14.9. The van der Waals surface area contributed by atoms with Crippen LogP contribution in [0, 0.1) is 0 Å². The molecule has 2 aromatic rings. The first-order chi connectivity index (χ1) is 9.32. The number of aryl methyl sites for hydroxylation is 1. The molecule has 1 aromatic carbocycles. The molecule has 0 atom stereocenters. The van der Waals surface area contributed by atoms with Gasteiger partial charge < -0.3 is 5.11 Å². The van der Waals surface area contributed by atoms with Gasteiger partial charge in [0.05, 0.1) is 0 Å². The van der Waals surface area contributed by atoms with E-state index in [9.17, 15) is 13.5 Å². The van der Waals surface area contributed by atoms with Crippen LogP contribution in [-0.4, -0.2) is 39.9 Å². The van der Waals surface area contributed by atoms with Crippen LogP contribution < -0.4 is 0 Å². The third kappa shape index (κ3) is 2.84. The minimum Gasteiger partial charge on any atom is -0.508 e. The van der Waals surface area contributed by atoms with E-state index in [2.05, 4.69) is 26.2 Å². The van der Waals surface area contributed by atoms with Gasteiger partial charge in [0.2, 0.25) is 5.03 Å². The fraction of sp³-hybridized carbons (Fsp3) is 0.273. The molecule has 108 valence electrons. The third-order valence-electron chi connectivity index (χ3n) is 2.71. The SMILES string of the molecule is CN(Cc1cccc(O)c1)S(=O)(=O)c1c(Br)nnn1C. The van der Waals surface area contributed by atoms with Gasteiger partial charge in [-0.05, 0) is 33.6 Å². The number of phenols is 1. The quantitative estimate of drug-likeness (QED) is 0.881. The molecule has 0 amide bonds. The van der Waals surface area contributed by atoms with E-state index in [1.807, 2.05) is 0 Å². The van der Waals surface area contributed by atoms with E-state index in [0.29, 0.717) is 5.56 Å². The normalized spacial score (nSPS) is 12.0. The summed E-state index contributed by atoms with van der Waals surface area (Å²) < 4.78 is 27.4. The Morgan fingerprint density at radius 1 is 1.45 bits per heavy atom. The predicted octanol–water partition coefficient (Wildman–Crippen LogP) is 1.10. The molecule has 7 nitrogen and oxygen atoms in total. The monoisotopic (exact) mass is 360 g/mol. The number of phenolic OH excluding ortho intramolecular Hbond substituents is 1. The second-order valence-corrected chi connectivity index (χ2v) is 6.95. The number of benzene rings is 1. The average molecular weight is 361 g/mol. The second kappa shape index (κ2) is 5.51. The molecular formula is C11H13BrN4O3S. The van der Waals surface area contributed by atoms with Gasteiger partial charge in [0.25, 0.3) is 10.0 Å². The molecule has 20 heavy (non-hydrogen) atoms.